The number of nitrogens with one attached hydrogen (secondary N) is 2. The lowest BCUT2D eigenvalue weighted by Crippen LogP contribution is -2.32. The number of carbonyl (C=O) groups is 1. The first-order valence-corrected chi connectivity index (χ1v) is 6.43. The molecular weight excluding hydrogens is 226 g/mol. The number of hydrogen-bond donors (Lipinski definition) is 2. The Kier molecular flexibility index (Phi) is 4.20. The van der Waals surface area contributed by atoms with E-state index in [1.807, 2.05) is 11.9 Å². The number of nitrogens with zero attached hydrogens (tertiary/aromatic N) is 1. The number of anilines is 1. The first kappa shape index (κ1) is 12.9. The number of likely N-dealkylation sites (N-methyl/N-ethyl adjacent to an activating group) is 2. The van der Waals surface area contributed by atoms with Crippen LogP contribution in [0.5, 0.6) is 0 Å². The van der Waals surface area contributed by atoms with E-state index in [0.29, 0.717) is 6.54 Å². The Bertz CT molecular complexity index is 398. The third-order valence-corrected chi connectivity index (χ3v) is 3.21. The molecule has 0 aliphatic heterocycles. The van der Waals surface area contributed by atoms with Gasteiger partial charge in [0.25, 0.3) is 0 Å². The summed E-state index contributed by atoms with van der Waals surface area (Å²) in [6, 6.07) is 9.09. The highest BCUT2D eigenvalue weighted by Crippen LogP contribution is 2.20. The molecule has 1 saturated carbocycles. The third kappa shape index (κ3) is 3.74. The van der Waals surface area contributed by atoms with Gasteiger partial charge >= 0.3 is 0 Å². The minimum Gasteiger partial charge on any atom is -0.365 e. The largest absolute Gasteiger partial charge is 0.365 e. The molecule has 0 radical (unpaired) electrons. The van der Waals surface area contributed by atoms with Crippen LogP contribution in [0.15, 0.2) is 24.3 Å². The summed E-state index contributed by atoms with van der Waals surface area (Å²) >= 11 is 0. The van der Waals surface area contributed by atoms with Gasteiger partial charge in [-0.1, -0.05) is 12.1 Å². The maximum Gasteiger partial charge on any atom is 0.239 e. The van der Waals surface area contributed by atoms with Crippen molar-refractivity contribution in [2.24, 2.45) is 0 Å². The van der Waals surface area contributed by atoms with E-state index in [4.69, 9.17) is 0 Å². The maximum absolute atomic E-state index is 11.3. The van der Waals surface area contributed by atoms with Crippen molar-refractivity contribution < 1.29 is 4.79 Å². The Morgan fingerprint density at radius 2 is 2.00 bits per heavy atom. The van der Waals surface area contributed by atoms with Gasteiger partial charge in [0.2, 0.25) is 5.91 Å². The van der Waals surface area contributed by atoms with E-state index in [1.54, 1.807) is 7.05 Å². The lowest BCUT2D eigenvalue weighted by molar-refractivity contribution is -0.119. The van der Waals surface area contributed by atoms with Crippen LogP contribution in [0.25, 0.3) is 0 Å². The Morgan fingerprint density at radius 3 is 2.56 bits per heavy atom. The van der Waals surface area contributed by atoms with Gasteiger partial charge in [0.05, 0.1) is 6.54 Å². The first-order valence-electron chi connectivity index (χ1n) is 6.43. The van der Waals surface area contributed by atoms with Gasteiger partial charge in [-0.15, -0.1) is 0 Å². The molecule has 0 atom stereocenters. The highest BCUT2D eigenvalue weighted by atomic mass is 16.1. The van der Waals surface area contributed by atoms with E-state index in [0.717, 1.165) is 18.3 Å². The average molecular weight is 247 g/mol. The van der Waals surface area contributed by atoms with E-state index in [2.05, 4.69) is 34.9 Å². The number of rotatable bonds is 6. The minimum atomic E-state index is 0.0250. The molecule has 0 saturated heterocycles. The van der Waals surface area contributed by atoms with Crippen molar-refractivity contribution in [2.75, 3.05) is 25.5 Å². The van der Waals surface area contributed by atoms with Crippen LogP contribution in [0.1, 0.15) is 18.4 Å². The van der Waals surface area contributed by atoms with Crippen molar-refractivity contribution in [3.63, 3.8) is 0 Å². The van der Waals surface area contributed by atoms with E-state index >= 15 is 0 Å². The molecule has 4 heteroatoms. The van der Waals surface area contributed by atoms with Crippen LogP contribution in [0, 0.1) is 0 Å². The van der Waals surface area contributed by atoms with Gasteiger partial charge in [-0.25, -0.2) is 0 Å². The summed E-state index contributed by atoms with van der Waals surface area (Å²) in [5.74, 6) is 0.0250. The maximum atomic E-state index is 11.3. The van der Waals surface area contributed by atoms with E-state index in [1.165, 1.54) is 18.4 Å². The van der Waals surface area contributed by atoms with Gasteiger partial charge in [0.15, 0.2) is 0 Å². The summed E-state index contributed by atoms with van der Waals surface area (Å²) in [5.41, 5.74) is 2.35. The molecule has 1 amide bonds. The highest BCUT2D eigenvalue weighted by Gasteiger charge is 2.19. The molecule has 4 nitrogen and oxygen atoms in total. The van der Waals surface area contributed by atoms with E-state index < -0.39 is 0 Å². The summed E-state index contributed by atoms with van der Waals surface area (Å²) in [6.07, 6.45) is 2.62. The second kappa shape index (κ2) is 5.87. The van der Waals surface area contributed by atoms with Crippen LogP contribution in [0.4, 0.5) is 5.69 Å². The first-order chi connectivity index (χ1) is 8.69. The number of hydrogen-bond acceptors (Lipinski definition) is 3. The normalized spacial score (nSPS) is 14.3. The van der Waals surface area contributed by atoms with Crippen LogP contribution >= 0.6 is 0 Å². The fourth-order valence-corrected chi connectivity index (χ4v) is 1.80. The molecule has 1 aromatic rings. The zero-order valence-corrected chi connectivity index (χ0v) is 11.1. The molecule has 2 N–H and O–H groups in total. The lowest BCUT2D eigenvalue weighted by Gasteiger charge is -2.18. The Balaban J connectivity index is 1.87. The fourth-order valence-electron chi connectivity index (χ4n) is 1.80. The zero-order chi connectivity index (χ0) is 13.0. The van der Waals surface area contributed by atoms with Crippen molar-refractivity contribution >= 4 is 11.6 Å². The molecule has 0 bridgehead atoms. The monoisotopic (exact) mass is 247 g/mol. The molecule has 0 spiro atoms. The zero-order valence-electron chi connectivity index (χ0n) is 11.1. The molecule has 18 heavy (non-hydrogen) atoms. The highest BCUT2D eigenvalue weighted by molar-refractivity contribution is 5.80. The van der Waals surface area contributed by atoms with E-state index in [-0.39, 0.29) is 5.91 Å². The van der Waals surface area contributed by atoms with Gasteiger partial charge in [0, 0.05) is 32.4 Å². The minimum absolute atomic E-state index is 0.0250. The van der Waals surface area contributed by atoms with E-state index in [9.17, 15) is 4.79 Å². The number of benzene rings is 1. The smallest absolute Gasteiger partial charge is 0.239 e. The quantitative estimate of drug-likeness (QED) is 0.792. The lowest BCUT2D eigenvalue weighted by atomic mass is 10.2. The summed E-state index contributed by atoms with van der Waals surface area (Å²) in [6.45, 7) is 1.32. The molecule has 0 unspecified atom stereocenters. The van der Waals surface area contributed by atoms with Crippen LogP contribution in [0.3, 0.4) is 0 Å². The number of amides is 1. The molecule has 2 rings (SSSR count). The SMILES string of the molecule is CNC(=O)CN(C)c1ccc(CNC2CC2)cc1. The van der Waals surface area contributed by atoms with Crippen molar-refractivity contribution in [3.05, 3.63) is 29.8 Å². The van der Waals surface area contributed by atoms with Crippen molar-refractivity contribution in [1.29, 1.82) is 0 Å². The molecule has 1 aliphatic rings. The second-order valence-corrected chi connectivity index (χ2v) is 4.85. The van der Waals surface area contributed by atoms with Gasteiger partial charge in [0.1, 0.15) is 0 Å². The predicted octanol–water partition coefficient (Wildman–Crippen LogP) is 1.12. The summed E-state index contributed by atoms with van der Waals surface area (Å²) in [5, 5.41) is 6.11. The topological polar surface area (TPSA) is 44.4 Å². The average Bonchev–Trinajstić information content (AvgIpc) is 3.20. The standard InChI is InChI=1S/C14H21N3O/c1-15-14(18)10-17(2)13-7-3-11(4-8-13)9-16-12-5-6-12/h3-4,7-8,12,16H,5-6,9-10H2,1-2H3,(H,15,18). The number of carbonyl (C=O) groups excluding carboxylic acids is 1. The predicted molar refractivity (Wildman–Crippen MR) is 73.6 cm³/mol. The van der Waals surface area contributed by atoms with Crippen molar-refractivity contribution in [3.8, 4) is 0 Å². The van der Waals surface area contributed by atoms with Crippen LogP contribution in [-0.4, -0.2) is 32.6 Å². The van der Waals surface area contributed by atoms with Crippen molar-refractivity contribution in [2.45, 2.75) is 25.4 Å². The van der Waals surface area contributed by atoms with Gasteiger partial charge in [-0.05, 0) is 30.5 Å². The Labute approximate surface area is 108 Å². The fraction of sp³-hybridized carbons (Fsp3) is 0.500. The Morgan fingerprint density at radius 1 is 1.33 bits per heavy atom. The molecule has 1 fully saturated rings. The Hall–Kier alpha value is -1.55. The summed E-state index contributed by atoms with van der Waals surface area (Å²) in [7, 11) is 3.58. The molecule has 1 aromatic carbocycles. The second-order valence-electron chi connectivity index (χ2n) is 4.85. The van der Waals surface area contributed by atoms with Crippen molar-refractivity contribution in [1.82, 2.24) is 10.6 Å². The van der Waals surface area contributed by atoms with Crippen LogP contribution in [0.2, 0.25) is 0 Å². The third-order valence-electron chi connectivity index (χ3n) is 3.21. The molecule has 0 heterocycles. The van der Waals surface area contributed by atoms with Crippen LogP contribution < -0.4 is 15.5 Å². The van der Waals surface area contributed by atoms with Gasteiger partial charge < -0.3 is 15.5 Å². The molecular formula is C14H21N3O. The molecule has 0 aromatic heterocycles. The summed E-state index contributed by atoms with van der Waals surface area (Å²) in [4.78, 5) is 13.2. The molecule has 1 aliphatic carbocycles. The van der Waals surface area contributed by atoms with Gasteiger partial charge in [-0.2, -0.15) is 0 Å². The molecule has 98 valence electrons. The van der Waals surface area contributed by atoms with Crippen LogP contribution in [-0.2, 0) is 11.3 Å². The summed E-state index contributed by atoms with van der Waals surface area (Å²) < 4.78 is 0. The van der Waals surface area contributed by atoms with Gasteiger partial charge in [-0.3, -0.25) is 4.79 Å².